The van der Waals surface area contributed by atoms with Crippen LogP contribution in [0.2, 0.25) is 0 Å². The number of nitrogens with two attached hydrogens (primary N) is 1. The van der Waals surface area contributed by atoms with Gasteiger partial charge in [0, 0.05) is 11.4 Å². The molecule has 0 spiro atoms. The lowest BCUT2D eigenvalue weighted by molar-refractivity contribution is 0.311. The first-order valence-electron chi connectivity index (χ1n) is 7.70. The number of thiophene rings is 1. The van der Waals surface area contributed by atoms with Gasteiger partial charge >= 0.3 is 0 Å². The van der Waals surface area contributed by atoms with Crippen LogP contribution >= 0.6 is 11.3 Å². The number of nitrogens with zero attached hydrogens (tertiary/aromatic N) is 3. The van der Waals surface area contributed by atoms with Crippen LogP contribution in [0.5, 0.6) is 0 Å². The second-order valence-corrected chi connectivity index (χ2v) is 7.35. The van der Waals surface area contributed by atoms with E-state index in [0.29, 0.717) is 12.4 Å². The van der Waals surface area contributed by atoms with Gasteiger partial charge in [-0.15, -0.1) is 11.3 Å². The number of aryl methyl sites for hydroxylation is 3. The van der Waals surface area contributed by atoms with Crippen LogP contribution in [-0.2, 0) is 13.1 Å². The van der Waals surface area contributed by atoms with Crippen molar-refractivity contribution >= 4 is 27.4 Å². The Bertz CT molecular complexity index is 836. The number of aromatic nitrogens is 2. The Morgan fingerprint density at radius 1 is 1.04 bits per heavy atom. The molecule has 0 saturated heterocycles. The zero-order chi connectivity index (χ0) is 16.6. The molecule has 4 nitrogen and oxygen atoms in total. The Hall–Kier alpha value is -1.98. The average molecular weight is 326 g/mol. The number of anilines is 1. The minimum Gasteiger partial charge on any atom is -0.383 e. The zero-order valence-corrected chi connectivity index (χ0v) is 14.9. The highest BCUT2D eigenvalue weighted by atomic mass is 32.1. The van der Waals surface area contributed by atoms with Crippen molar-refractivity contribution in [3.63, 3.8) is 0 Å². The molecule has 0 saturated carbocycles. The van der Waals surface area contributed by atoms with Crippen LogP contribution in [0.4, 0.5) is 5.82 Å². The molecular weight excluding hydrogens is 304 g/mol. The van der Waals surface area contributed by atoms with Crippen molar-refractivity contribution in [3.05, 3.63) is 51.7 Å². The molecule has 0 atom stereocenters. The standard InChI is InChI=1S/C18H22N4S/c1-11-5-7-14(8-6-11)9-22(4)10-15-20-17(19)16-12(2)13(3)23-18(16)21-15/h5-8H,9-10H2,1-4H3,(H2,19,20,21). The molecule has 5 heteroatoms. The van der Waals surface area contributed by atoms with Crippen LogP contribution in [0.3, 0.4) is 0 Å². The minimum absolute atomic E-state index is 0.593. The molecule has 0 radical (unpaired) electrons. The van der Waals surface area contributed by atoms with Crippen LogP contribution in [0.15, 0.2) is 24.3 Å². The molecule has 2 N–H and O–H groups in total. The third-order valence-corrected chi connectivity index (χ3v) is 5.19. The van der Waals surface area contributed by atoms with Gasteiger partial charge in [0.15, 0.2) is 0 Å². The summed E-state index contributed by atoms with van der Waals surface area (Å²) < 4.78 is 0. The molecule has 3 aromatic rings. The number of rotatable bonds is 4. The molecule has 2 aromatic heterocycles. The van der Waals surface area contributed by atoms with Crippen LogP contribution < -0.4 is 5.73 Å². The Morgan fingerprint density at radius 2 is 1.74 bits per heavy atom. The predicted octanol–water partition coefficient (Wildman–Crippen LogP) is 3.83. The molecule has 0 aliphatic rings. The Kier molecular flexibility index (Phi) is 4.33. The molecular formula is C18H22N4S. The molecule has 0 amide bonds. The highest BCUT2D eigenvalue weighted by Gasteiger charge is 2.13. The van der Waals surface area contributed by atoms with E-state index < -0.39 is 0 Å². The molecule has 23 heavy (non-hydrogen) atoms. The van der Waals surface area contributed by atoms with E-state index in [1.807, 2.05) is 0 Å². The van der Waals surface area contributed by atoms with E-state index in [9.17, 15) is 0 Å². The first-order valence-corrected chi connectivity index (χ1v) is 8.52. The summed E-state index contributed by atoms with van der Waals surface area (Å²) >= 11 is 1.69. The first kappa shape index (κ1) is 15.9. The summed E-state index contributed by atoms with van der Waals surface area (Å²) in [5, 5.41) is 1.01. The summed E-state index contributed by atoms with van der Waals surface area (Å²) in [6, 6.07) is 8.61. The molecule has 0 aliphatic carbocycles. The Balaban J connectivity index is 1.79. The van der Waals surface area contributed by atoms with Crippen LogP contribution in [-0.4, -0.2) is 21.9 Å². The van der Waals surface area contributed by atoms with Gasteiger partial charge in [0.1, 0.15) is 16.5 Å². The normalized spacial score (nSPS) is 11.5. The molecule has 120 valence electrons. The maximum absolute atomic E-state index is 6.15. The number of hydrogen-bond donors (Lipinski definition) is 1. The molecule has 1 aromatic carbocycles. The number of benzene rings is 1. The molecule has 0 aliphatic heterocycles. The average Bonchev–Trinajstić information content (AvgIpc) is 2.76. The van der Waals surface area contributed by atoms with Crippen molar-refractivity contribution in [1.29, 1.82) is 0 Å². The largest absolute Gasteiger partial charge is 0.383 e. The maximum atomic E-state index is 6.15. The highest BCUT2D eigenvalue weighted by molar-refractivity contribution is 7.18. The van der Waals surface area contributed by atoms with E-state index in [1.54, 1.807) is 11.3 Å². The Morgan fingerprint density at radius 3 is 2.43 bits per heavy atom. The van der Waals surface area contributed by atoms with Crippen LogP contribution in [0, 0.1) is 20.8 Å². The lowest BCUT2D eigenvalue weighted by atomic mass is 10.1. The molecule has 0 bridgehead atoms. The van der Waals surface area contributed by atoms with E-state index in [2.05, 4.69) is 62.0 Å². The monoisotopic (exact) mass is 326 g/mol. The molecule has 3 rings (SSSR count). The van der Waals surface area contributed by atoms with Gasteiger partial charge in [-0.1, -0.05) is 29.8 Å². The van der Waals surface area contributed by atoms with Crippen LogP contribution in [0.25, 0.3) is 10.2 Å². The SMILES string of the molecule is Cc1ccc(CN(C)Cc2nc(N)c3c(C)c(C)sc3n2)cc1. The third-order valence-electron chi connectivity index (χ3n) is 4.09. The van der Waals surface area contributed by atoms with Gasteiger partial charge in [0.05, 0.1) is 11.9 Å². The van der Waals surface area contributed by atoms with E-state index in [1.165, 1.54) is 21.6 Å². The maximum Gasteiger partial charge on any atom is 0.146 e. The van der Waals surface area contributed by atoms with Gasteiger partial charge in [0.2, 0.25) is 0 Å². The van der Waals surface area contributed by atoms with E-state index >= 15 is 0 Å². The van der Waals surface area contributed by atoms with E-state index in [-0.39, 0.29) is 0 Å². The summed E-state index contributed by atoms with van der Waals surface area (Å²) in [6.45, 7) is 7.83. The van der Waals surface area contributed by atoms with Crippen molar-refractivity contribution in [2.75, 3.05) is 12.8 Å². The summed E-state index contributed by atoms with van der Waals surface area (Å²) in [6.07, 6.45) is 0. The zero-order valence-electron chi connectivity index (χ0n) is 14.1. The van der Waals surface area contributed by atoms with Gasteiger partial charge in [-0.3, -0.25) is 4.90 Å². The predicted molar refractivity (Wildman–Crippen MR) is 97.7 cm³/mol. The van der Waals surface area contributed by atoms with Crippen molar-refractivity contribution in [2.45, 2.75) is 33.9 Å². The number of hydrogen-bond acceptors (Lipinski definition) is 5. The van der Waals surface area contributed by atoms with E-state index in [0.717, 1.165) is 22.6 Å². The quantitative estimate of drug-likeness (QED) is 0.791. The molecule has 0 unspecified atom stereocenters. The second-order valence-electron chi connectivity index (χ2n) is 6.15. The smallest absolute Gasteiger partial charge is 0.146 e. The lowest BCUT2D eigenvalue weighted by Gasteiger charge is -2.16. The van der Waals surface area contributed by atoms with Crippen molar-refractivity contribution < 1.29 is 0 Å². The van der Waals surface area contributed by atoms with Crippen LogP contribution in [0.1, 0.15) is 27.4 Å². The lowest BCUT2D eigenvalue weighted by Crippen LogP contribution is -2.19. The highest BCUT2D eigenvalue weighted by Crippen LogP contribution is 2.31. The van der Waals surface area contributed by atoms with Crippen molar-refractivity contribution in [3.8, 4) is 0 Å². The fourth-order valence-corrected chi connectivity index (χ4v) is 3.76. The number of nitrogen functional groups attached to an aromatic ring is 1. The summed E-state index contributed by atoms with van der Waals surface area (Å²) in [5.41, 5.74) is 9.92. The van der Waals surface area contributed by atoms with Gasteiger partial charge in [-0.2, -0.15) is 0 Å². The number of fused-ring (bicyclic) bond motifs is 1. The van der Waals surface area contributed by atoms with E-state index in [4.69, 9.17) is 10.7 Å². The van der Waals surface area contributed by atoms with Gasteiger partial charge in [0.25, 0.3) is 0 Å². The summed E-state index contributed by atoms with van der Waals surface area (Å²) in [5.74, 6) is 1.38. The summed E-state index contributed by atoms with van der Waals surface area (Å²) in [4.78, 5) is 13.7. The fourth-order valence-electron chi connectivity index (χ4n) is 2.70. The topological polar surface area (TPSA) is 55.0 Å². The fraction of sp³-hybridized carbons (Fsp3) is 0.333. The van der Waals surface area contributed by atoms with Gasteiger partial charge in [-0.05, 0) is 38.9 Å². The van der Waals surface area contributed by atoms with Gasteiger partial charge < -0.3 is 5.73 Å². The first-order chi connectivity index (χ1) is 10.9. The summed E-state index contributed by atoms with van der Waals surface area (Å²) in [7, 11) is 2.08. The van der Waals surface area contributed by atoms with Crippen molar-refractivity contribution in [1.82, 2.24) is 14.9 Å². The third kappa shape index (κ3) is 3.35. The van der Waals surface area contributed by atoms with Crippen molar-refractivity contribution in [2.24, 2.45) is 0 Å². The second kappa shape index (κ2) is 6.26. The molecule has 2 heterocycles. The molecule has 0 fully saturated rings. The minimum atomic E-state index is 0.593. The van der Waals surface area contributed by atoms with Gasteiger partial charge in [-0.25, -0.2) is 9.97 Å². The Labute approximate surface area is 141 Å².